The van der Waals surface area contributed by atoms with Crippen LogP contribution in [0.25, 0.3) is 0 Å². The Morgan fingerprint density at radius 2 is 2.30 bits per heavy atom. The van der Waals surface area contributed by atoms with Gasteiger partial charge in [-0.2, -0.15) is 0 Å². The highest BCUT2D eigenvalue weighted by molar-refractivity contribution is 9.10. The van der Waals surface area contributed by atoms with Crippen molar-refractivity contribution in [3.8, 4) is 0 Å². The molecule has 1 atom stereocenters. The van der Waals surface area contributed by atoms with Gasteiger partial charge in [0.15, 0.2) is 0 Å². The summed E-state index contributed by atoms with van der Waals surface area (Å²) in [5.41, 5.74) is 0. The van der Waals surface area contributed by atoms with E-state index in [0.717, 1.165) is 4.47 Å². The van der Waals surface area contributed by atoms with Gasteiger partial charge in [0, 0.05) is 30.2 Å². The molecule has 2 heterocycles. The summed E-state index contributed by atoms with van der Waals surface area (Å²) < 4.78 is 0.856. The Morgan fingerprint density at radius 3 is 2.90 bits per heavy atom. The van der Waals surface area contributed by atoms with Crippen LogP contribution in [0.4, 0.5) is 5.82 Å². The van der Waals surface area contributed by atoms with Crippen LogP contribution in [0.1, 0.15) is 20.3 Å². The minimum absolute atomic E-state index is 0.0580. The van der Waals surface area contributed by atoms with E-state index in [2.05, 4.69) is 40.1 Å². The topological polar surface area (TPSA) is 62.3 Å². The van der Waals surface area contributed by atoms with E-state index in [-0.39, 0.29) is 24.2 Å². The molecule has 1 aromatic heterocycles. The minimum atomic E-state index is -0.285. The second-order valence-electron chi connectivity index (χ2n) is 5.44. The van der Waals surface area contributed by atoms with Gasteiger partial charge in [0.2, 0.25) is 11.8 Å². The third kappa shape index (κ3) is 3.79. The van der Waals surface area contributed by atoms with E-state index in [1.807, 2.05) is 6.07 Å². The number of rotatable bonds is 4. The first-order chi connectivity index (χ1) is 9.45. The number of hydrogen-bond acceptors (Lipinski definition) is 3. The lowest BCUT2D eigenvalue weighted by Crippen LogP contribution is -2.31. The van der Waals surface area contributed by atoms with Gasteiger partial charge < -0.3 is 10.2 Å². The fraction of sp³-hybridized carbons (Fsp3) is 0.500. The molecule has 0 bridgehead atoms. The van der Waals surface area contributed by atoms with E-state index in [9.17, 15) is 9.59 Å². The van der Waals surface area contributed by atoms with E-state index in [1.54, 1.807) is 17.2 Å². The summed E-state index contributed by atoms with van der Waals surface area (Å²) >= 11 is 3.29. The van der Waals surface area contributed by atoms with E-state index in [4.69, 9.17) is 0 Å². The van der Waals surface area contributed by atoms with E-state index in [1.165, 1.54) is 0 Å². The number of hydrogen-bond donors (Lipinski definition) is 1. The van der Waals surface area contributed by atoms with Crippen LogP contribution >= 0.6 is 15.9 Å². The highest BCUT2D eigenvalue weighted by atomic mass is 79.9. The lowest BCUT2D eigenvalue weighted by molar-refractivity contribution is -0.128. The summed E-state index contributed by atoms with van der Waals surface area (Å²) in [5.74, 6) is 0.551. The largest absolute Gasteiger partial charge is 0.342 e. The molecule has 0 spiro atoms. The Bertz CT molecular complexity index is 502. The molecular formula is C14H18BrN3O2. The number of carbonyl (C=O) groups excluding carboxylic acids is 2. The summed E-state index contributed by atoms with van der Waals surface area (Å²) in [7, 11) is 0. The van der Waals surface area contributed by atoms with Gasteiger partial charge in [-0.15, -0.1) is 0 Å². The van der Waals surface area contributed by atoms with Gasteiger partial charge in [-0.3, -0.25) is 9.59 Å². The summed E-state index contributed by atoms with van der Waals surface area (Å²) in [4.78, 5) is 29.8. The van der Waals surface area contributed by atoms with E-state index < -0.39 is 0 Å². The Balaban J connectivity index is 1.94. The monoisotopic (exact) mass is 339 g/mol. The smallest absolute Gasteiger partial charge is 0.230 e. The van der Waals surface area contributed by atoms with Gasteiger partial charge >= 0.3 is 0 Å². The zero-order chi connectivity index (χ0) is 14.7. The lowest BCUT2D eigenvalue weighted by atomic mass is 10.1. The third-order valence-electron chi connectivity index (χ3n) is 3.15. The number of pyridine rings is 1. The zero-order valence-corrected chi connectivity index (χ0v) is 13.2. The Morgan fingerprint density at radius 1 is 1.55 bits per heavy atom. The summed E-state index contributed by atoms with van der Waals surface area (Å²) in [6.07, 6.45) is 1.91. The molecule has 2 rings (SSSR count). The van der Waals surface area contributed by atoms with Gasteiger partial charge in [-0.25, -0.2) is 4.98 Å². The second-order valence-corrected chi connectivity index (χ2v) is 6.36. The average molecular weight is 340 g/mol. The van der Waals surface area contributed by atoms with Gasteiger partial charge in [0.05, 0.1) is 5.92 Å². The first-order valence-corrected chi connectivity index (χ1v) is 7.45. The van der Waals surface area contributed by atoms with Crippen LogP contribution in [0.15, 0.2) is 22.8 Å². The predicted molar refractivity (Wildman–Crippen MR) is 80.1 cm³/mol. The Labute approximate surface area is 126 Å². The predicted octanol–water partition coefficient (Wildman–Crippen LogP) is 2.29. The standard InChI is InChI=1S/C14H18BrN3O2/c1-9(2)7-18-8-10(5-13(18)19)14(20)17-12-4-3-11(15)6-16-12/h3-4,6,9-10H,5,7-8H2,1-2H3,(H,16,17,20)/t10-/m1/s1. The Kier molecular flexibility index (Phi) is 4.75. The van der Waals surface area contributed by atoms with Crippen molar-refractivity contribution in [2.75, 3.05) is 18.4 Å². The number of likely N-dealkylation sites (tertiary alicyclic amines) is 1. The molecule has 0 aliphatic carbocycles. The molecule has 1 aliphatic rings. The van der Waals surface area contributed by atoms with Crippen molar-refractivity contribution in [3.63, 3.8) is 0 Å². The molecule has 0 unspecified atom stereocenters. The van der Waals surface area contributed by atoms with Crippen LogP contribution in [-0.2, 0) is 9.59 Å². The molecule has 2 amide bonds. The number of nitrogens with one attached hydrogen (secondary N) is 1. The van der Waals surface area contributed by atoms with Crippen LogP contribution < -0.4 is 5.32 Å². The fourth-order valence-corrected chi connectivity index (χ4v) is 2.48. The summed E-state index contributed by atoms with van der Waals surface area (Å²) in [5, 5.41) is 2.76. The first kappa shape index (κ1) is 15.0. The molecule has 108 valence electrons. The SMILES string of the molecule is CC(C)CN1C[C@H](C(=O)Nc2ccc(Br)cn2)CC1=O. The third-order valence-corrected chi connectivity index (χ3v) is 3.62. The van der Waals surface area contributed by atoms with Gasteiger partial charge in [-0.1, -0.05) is 13.8 Å². The van der Waals surface area contributed by atoms with Gasteiger partial charge in [0.25, 0.3) is 0 Å². The lowest BCUT2D eigenvalue weighted by Gasteiger charge is -2.18. The molecule has 6 heteroatoms. The van der Waals surface area contributed by atoms with Crippen LogP contribution in [0, 0.1) is 11.8 Å². The summed E-state index contributed by atoms with van der Waals surface area (Å²) in [6.45, 7) is 5.33. The molecule has 1 aromatic rings. The van der Waals surface area contributed by atoms with E-state index >= 15 is 0 Å². The molecule has 1 saturated heterocycles. The van der Waals surface area contributed by atoms with Gasteiger partial charge in [0.1, 0.15) is 5.82 Å². The van der Waals surface area contributed by atoms with Crippen molar-refractivity contribution in [1.82, 2.24) is 9.88 Å². The molecule has 1 fully saturated rings. The maximum Gasteiger partial charge on any atom is 0.230 e. The molecule has 5 nitrogen and oxygen atoms in total. The van der Waals surface area contributed by atoms with Crippen LogP contribution in [0.2, 0.25) is 0 Å². The van der Waals surface area contributed by atoms with Crippen molar-refractivity contribution >= 4 is 33.6 Å². The van der Waals surface area contributed by atoms with E-state index in [0.29, 0.717) is 24.8 Å². The molecule has 0 aromatic carbocycles. The molecular weight excluding hydrogens is 322 g/mol. The average Bonchev–Trinajstić information content (AvgIpc) is 2.73. The molecule has 1 aliphatic heterocycles. The number of anilines is 1. The van der Waals surface area contributed by atoms with Crippen LogP contribution in [0.5, 0.6) is 0 Å². The number of amides is 2. The highest BCUT2D eigenvalue weighted by Crippen LogP contribution is 2.20. The molecule has 20 heavy (non-hydrogen) atoms. The van der Waals surface area contributed by atoms with Gasteiger partial charge in [-0.05, 0) is 34.0 Å². The van der Waals surface area contributed by atoms with Crippen molar-refractivity contribution < 1.29 is 9.59 Å². The first-order valence-electron chi connectivity index (χ1n) is 6.66. The fourth-order valence-electron chi connectivity index (χ4n) is 2.24. The maximum atomic E-state index is 12.1. The molecule has 1 N–H and O–H groups in total. The zero-order valence-electron chi connectivity index (χ0n) is 11.6. The summed E-state index contributed by atoms with van der Waals surface area (Å²) in [6, 6.07) is 3.54. The second kappa shape index (κ2) is 6.35. The Hall–Kier alpha value is -1.43. The molecule has 0 radical (unpaired) electrons. The minimum Gasteiger partial charge on any atom is -0.342 e. The van der Waals surface area contributed by atoms with Crippen molar-refractivity contribution in [1.29, 1.82) is 0 Å². The quantitative estimate of drug-likeness (QED) is 0.915. The number of carbonyl (C=O) groups is 2. The molecule has 0 saturated carbocycles. The number of aromatic nitrogens is 1. The van der Waals surface area contributed by atoms with Crippen molar-refractivity contribution in [3.05, 3.63) is 22.8 Å². The number of nitrogens with zero attached hydrogens (tertiary/aromatic N) is 2. The van der Waals surface area contributed by atoms with Crippen molar-refractivity contribution in [2.45, 2.75) is 20.3 Å². The maximum absolute atomic E-state index is 12.1. The van der Waals surface area contributed by atoms with Crippen LogP contribution in [-0.4, -0.2) is 34.8 Å². The number of halogens is 1. The van der Waals surface area contributed by atoms with Crippen LogP contribution in [0.3, 0.4) is 0 Å². The normalized spacial score (nSPS) is 18.7. The highest BCUT2D eigenvalue weighted by Gasteiger charge is 2.34. The van der Waals surface area contributed by atoms with Crippen molar-refractivity contribution in [2.24, 2.45) is 11.8 Å².